The maximum Gasteiger partial charge on any atom is 0.298 e. The predicted molar refractivity (Wildman–Crippen MR) is 171 cm³/mol. The van der Waals surface area contributed by atoms with E-state index in [0.29, 0.717) is 0 Å². The first kappa shape index (κ1) is 41.8. The second-order valence-electron chi connectivity index (χ2n) is 10.1. The minimum atomic E-state index is -5.63. The first-order chi connectivity index (χ1) is 24.2. The molecule has 0 fully saturated rings. The van der Waals surface area contributed by atoms with Crippen molar-refractivity contribution in [1.29, 1.82) is 0 Å². The molecule has 10 N–H and O–H groups in total. The average Bonchev–Trinajstić information content (AvgIpc) is 2.97. The zero-order valence-electron chi connectivity index (χ0n) is 25.1. The number of fused-ring (bicyclic) bond motifs is 1. The number of rotatable bonds is 10. The summed E-state index contributed by atoms with van der Waals surface area (Å²) in [5, 5.41) is 53.4. The van der Waals surface area contributed by atoms with Crippen LogP contribution in [0, 0.1) is 0 Å². The van der Waals surface area contributed by atoms with E-state index < -0.39 is 147 Å². The van der Waals surface area contributed by atoms with Gasteiger partial charge in [0.25, 0.3) is 60.7 Å². The number of aromatic hydroxyl groups is 4. The van der Waals surface area contributed by atoms with Crippen molar-refractivity contribution in [2.75, 3.05) is 0 Å². The van der Waals surface area contributed by atoms with Crippen LogP contribution in [-0.2, 0) is 60.7 Å². The van der Waals surface area contributed by atoms with Crippen LogP contribution >= 0.6 is 0 Å². The number of benzene rings is 4. The molecule has 0 bridgehead atoms. The van der Waals surface area contributed by atoms with E-state index in [1.54, 1.807) is 0 Å². The Bertz CT molecular complexity index is 2870. The summed E-state index contributed by atoms with van der Waals surface area (Å²) in [4.78, 5) is -8.99. The largest absolute Gasteiger partial charge is 0.505 e. The van der Waals surface area contributed by atoms with Crippen molar-refractivity contribution in [3.05, 3.63) is 36.4 Å². The average molecular weight is 881 g/mol. The van der Waals surface area contributed by atoms with E-state index in [2.05, 4.69) is 20.5 Å². The maximum absolute atomic E-state index is 12.3. The Morgan fingerprint density at radius 2 is 0.648 bits per heavy atom. The lowest BCUT2D eigenvalue weighted by Crippen LogP contribution is -2.04. The molecular weight excluding hydrogens is 865 g/mol. The highest BCUT2D eigenvalue weighted by Gasteiger charge is 2.30. The van der Waals surface area contributed by atoms with Crippen LogP contribution in [-0.4, -0.2) is 98.2 Å². The maximum atomic E-state index is 12.3. The lowest BCUT2D eigenvalue weighted by Gasteiger charge is -2.13. The van der Waals surface area contributed by atoms with E-state index in [1.807, 2.05) is 0 Å². The van der Waals surface area contributed by atoms with Crippen molar-refractivity contribution in [3.63, 3.8) is 0 Å². The van der Waals surface area contributed by atoms with E-state index in [9.17, 15) is 98.2 Å². The highest BCUT2D eigenvalue weighted by Crippen LogP contribution is 2.51. The van der Waals surface area contributed by atoms with Gasteiger partial charge in [-0.2, -0.15) is 50.5 Å². The number of phenols is 4. The standard InChI is InChI=1S/C22H16N4O22S6/c27-19-10(3-8(49(31,32)33)5-14(19)53(43,44)45)23-25-17-12(51(37,38)39)1-7-2-13(52(40,41)42)18(22(30)16(7)21(17)29)26-24-11-4-9(50(34,35)36)6-15(20(11)28)54(46,47)48/h1-6,27-30H,(H,31,32,33)(H,34,35,36)(H,37,38,39)(H,40,41,42)(H,43,44,45)(H,46,47,48). The van der Waals surface area contributed by atoms with Crippen molar-refractivity contribution in [2.45, 2.75) is 29.4 Å². The summed E-state index contributed by atoms with van der Waals surface area (Å²) >= 11 is 0. The molecule has 0 aliphatic heterocycles. The lowest BCUT2D eigenvalue weighted by atomic mass is 10.1. The van der Waals surface area contributed by atoms with Gasteiger partial charge in [0.1, 0.15) is 42.3 Å². The molecule has 0 heterocycles. The van der Waals surface area contributed by atoms with Crippen LogP contribution in [0.3, 0.4) is 0 Å². The van der Waals surface area contributed by atoms with Gasteiger partial charge in [0, 0.05) is 0 Å². The van der Waals surface area contributed by atoms with Crippen LogP contribution in [0.2, 0.25) is 0 Å². The molecular formula is C22H16N4O22S6. The Labute approximate surface area is 300 Å². The SMILES string of the molecule is O=S(=O)(O)c1cc(N=Nc2c(S(=O)(=O)O)cc3cc(S(=O)(=O)O)c(N=Nc4cc(S(=O)(=O)O)cc(S(=O)(=O)O)c4O)c(O)c3c2O)c(O)c(S(=O)(=O)O)c1. The van der Waals surface area contributed by atoms with Gasteiger partial charge in [0.2, 0.25) is 0 Å². The van der Waals surface area contributed by atoms with Crippen molar-refractivity contribution >= 4 is 94.2 Å². The second-order valence-corrected chi connectivity index (χ2v) is 18.5. The van der Waals surface area contributed by atoms with E-state index >= 15 is 0 Å². The highest BCUT2D eigenvalue weighted by atomic mass is 32.2. The molecule has 4 aromatic carbocycles. The quantitative estimate of drug-likeness (QED) is 0.0804. The molecule has 0 aliphatic carbocycles. The molecule has 0 radical (unpaired) electrons. The molecule has 0 saturated carbocycles. The van der Waals surface area contributed by atoms with Crippen LogP contribution in [0.15, 0.2) is 86.2 Å². The molecule has 0 aliphatic rings. The summed E-state index contributed by atoms with van der Waals surface area (Å²) in [7, 11) is -32.9. The van der Waals surface area contributed by atoms with Crippen LogP contribution in [0.5, 0.6) is 23.0 Å². The van der Waals surface area contributed by atoms with Crippen molar-refractivity contribution in [2.24, 2.45) is 20.5 Å². The summed E-state index contributed by atoms with van der Waals surface area (Å²) in [5.41, 5.74) is -5.56. The van der Waals surface area contributed by atoms with Gasteiger partial charge in [-0.05, 0) is 41.8 Å². The number of azo groups is 2. The highest BCUT2D eigenvalue weighted by molar-refractivity contribution is 7.87. The van der Waals surface area contributed by atoms with Gasteiger partial charge >= 0.3 is 0 Å². The first-order valence-electron chi connectivity index (χ1n) is 12.7. The van der Waals surface area contributed by atoms with E-state index in [-0.39, 0.29) is 36.4 Å². The molecule has 0 spiro atoms. The fourth-order valence-corrected chi connectivity index (χ4v) is 8.00. The number of nitrogens with zero attached hydrogens (tertiary/aromatic N) is 4. The third-order valence-electron chi connectivity index (χ3n) is 6.53. The topological polar surface area (TPSA) is 457 Å². The summed E-state index contributed by atoms with van der Waals surface area (Å²) in [5.74, 6) is -6.46. The van der Waals surface area contributed by atoms with Crippen molar-refractivity contribution < 1.29 is 98.2 Å². The van der Waals surface area contributed by atoms with Crippen LogP contribution in [0.25, 0.3) is 10.8 Å². The number of hydrogen-bond donors (Lipinski definition) is 10. The molecule has 0 atom stereocenters. The van der Waals surface area contributed by atoms with E-state index in [4.69, 9.17) is 0 Å². The van der Waals surface area contributed by atoms with Crippen LogP contribution in [0.1, 0.15) is 0 Å². The Balaban J connectivity index is 2.13. The molecule has 26 nitrogen and oxygen atoms in total. The Morgan fingerprint density at radius 3 is 0.907 bits per heavy atom. The molecule has 4 aromatic rings. The molecule has 292 valence electrons. The minimum absolute atomic E-state index is 0.0549. The van der Waals surface area contributed by atoms with Gasteiger partial charge in [0.05, 0.1) is 15.2 Å². The zero-order valence-corrected chi connectivity index (χ0v) is 30.0. The van der Waals surface area contributed by atoms with Gasteiger partial charge in [-0.1, -0.05) is 0 Å². The zero-order chi connectivity index (χ0) is 41.3. The van der Waals surface area contributed by atoms with E-state index in [0.717, 1.165) is 0 Å². The van der Waals surface area contributed by atoms with Crippen molar-refractivity contribution in [3.8, 4) is 23.0 Å². The summed E-state index contributed by atoms with van der Waals surface area (Å²) in [6.45, 7) is 0. The first-order valence-corrected chi connectivity index (χ1v) is 21.4. The van der Waals surface area contributed by atoms with Gasteiger partial charge in [-0.25, -0.2) is 0 Å². The Morgan fingerprint density at radius 1 is 0.352 bits per heavy atom. The molecule has 32 heteroatoms. The summed E-state index contributed by atoms with van der Waals surface area (Å²) < 4.78 is 200. The summed E-state index contributed by atoms with van der Waals surface area (Å²) in [6, 6.07) is 1.04. The molecule has 4 rings (SSSR count). The van der Waals surface area contributed by atoms with Gasteiger partial charge < -0.3 is 20.4 Å². The minimum Gasteiger partial charge on any atom is -0.505 e. The Hall–Kier alpha value is -5.00. The fourth-order valence-electron chi connectivity index (χ4n) is 4.24. The second kappa shape index (κ2) is 13.4. The normalized spacial score (nSPS) is 13.7. The number of hydrogen-bond acceptors (Lipinski definition) is 20. The Kier molecular flexibility index (Phi) is 10.3. The van der Waals surface area contributed by atoms with Gasteiger partial charge in [-0.3, -0.25) is 27.3 Å². The molecule has 0 unspecified atom stereocenters. The third-order valence-corrected chi connectivity index (χ3v) is 11.7. The molecule has 54 heavy (non-hydrogen) atoms. The lowest BCUT2D eigenvalue weighted by molar-refractivity contribution is 0.440. The van der Waals surface area contributed by atoms with Crippen LogP contribution in [0.4, 0.5) is 22.7 Å². The fraction of sp³-hybridized carbons (Fsp3) is 0. The smallest absolute Gasteiger partial charge is 0.298 e. The van der Waals surface area contributed by atoms with Crippen LogP contribution < -0.4 is 0 Å². The molecule has 0 amide bonds. The third kappa shape index (κ3) is 8.37. The van der Waals surface area contributed by atoms with Gasteiger partial charge in [-0.15, -0.1) is 20.5 Å². The summed E-state index contributed by atoms with van der Waals surface area (Å²) in [6.07, 6.45) is 0. The molecule has 0 aromatic heterocycles. The number of phenolic OH excluding ortho intramolecular Hbond substituents is 4. The molecule has 0 saturated heterocycles. The predicted octanol–water partition coefficient (Wildman–Crippen LogP) is 1.97. The van der Waals surface area contributed by atoms with E-state index in [1.165, 1.54) is 0 Å². The van der Waals surface area contributed by atoms with Crippen molar-refractivity contribution in [1.82, 2.24) is 0 Å². The van der Waals surface area contributed by atoms with Gasteiger partial charge in [0.15, 0.2) is 23.0 Å². The monoisotopic (exact) mass is 880 g/mol.